The fourth-order valence-electron chi connectivity index (χ4n) is 3.79. The van der Waals surface area contributed by atoms with Crippen molar-refractivity contribution in [1.29, 1.82) is 0 Å². The Morgan fingerprint density at radius 2 is 2.23 bits per heavy atom. The van der Waals surface area contributed by atoms with Crippen LogP contribution >= 0.6 is 0 Å². The molecule has 2 aliphatic rings. The van der Waals surface area contributed by atoms with Crippen molar-refractivity contribution < 1.29 is 9.90 Å². The van der Waals surface area contributed by atoms with Crippen molar-refractivity contribution in [1.82, 2.24) is 19.9 Å². The normalized spacial score (nSPS) is 26.3. The van der Waals surface area contributed by atoms with Crippen molar-refractivity contribution in [2.24, 2.45) is 17.8 Å². The lowest BCUT2D eigenvalue weighted by Gasteiger charge is -2.22. The summed E-state index contributed by atoms with van der Waals surface area (Å²) in [6, 6.07) is 2.00. The Morgan fingerprint density at radius 3 is 2.95 bits per heavy atom. The number of fused-ring (bicyclic) bond motifs is 2. The molecule has 22 heavy (non-hydrogen) atoms. The molecule has 2 aromatic rings. The maximum Gasteiger partial charge on any atom is 0.248 e. The molecule has 3 heterocycles. The van der Waals surface area contributed by atoms with Gasteiger partial charge in [0.2, 0.25) is 5.91 Å². The van der Waals surface area contributed by atoms with Gasteiger partial charge in [0.15, 0.2) is 0 Å². The lowest BCUT2D eigenvalue weighted by Crippen LogP contribution is -2.35. The predicted octanol–water partition coefficient (Wildman–Crippen LogP) is 0.0908. The third-order valence-corrected chi connectivity index (χ3v) is 5.04. The highest BCUT2D eigenvalue weighted by atomic mass is 16.3. The third kappa shape index (κ3) is 2.04. The van der Waals surface area contributed by atoms with Gasteiger partial charge in [-0.3, -0.25) is 4.79 Å². The van der Waals surface area contributed by atoms with E-state index in [4.69, 9.17) is 5.11 Å². The summed E-state index contributed by atoms with van der Waals surface area (Å²) in [5.41, 5.74) is 0.854. The number of carbonyl (C=O) groups is 1. The molecule has 116 valence electrons. The standard InChI is InChI=1S/C15H19N5O2/c1-19(15-9-2-3-16-14(9)17-8-18-15)4-10-11-5-20(6-12(10)11)13(22)7-21/h2-3,8,10-12,21H,4-7H2,1H3,(H,16,17,18)/t10?,11-,12+. The summed E-state index contributed by atoms with van der Waals surface area (Å²) in [7, 11) is 2.06. The largest absolute Gasteiger partial charge is 0.387 e. The second kappa shape index (κ2) is 4.95. The van der Waals surface area contributed by atoms with Crippen LogP contribution in [0.5, 0.6) is 0 Å². The van der Waals surface area contributed by atoms with E-state index in [1.54, 1.807) is 11.2 Å². The smallest absolute Gasteiger partial charge is 0.248 e. The molecule has 1 aliphatic carbocycles. The van der Waals surface area contributed by atoms with Crippen molar-refractivity contribution in [2.75, 3.05) is 38.2 Å². The number of H-pyrrole nitrogens is 1. The Kier molecular flexibility index (Phi) is 3.04. The zero-order chi connectivity index (χ0) is 15.3. The molecule has 0 bridgehead atoms. The predicted molar refractivity (Wildman–Crippen MR) is 81.3 cm³/mol. The van der Waals surface area contributed by atoms with Crippen molar-refractivity contribution in [3.05, 3.63) is 18.6 Å². The number of nitrogens with one attached hydrogen (secondary N) is 1. The van der Waals surface area contributed by atoms with E-state index in [0.717, 1.165) is 36.5 Å². The van der Waals surface area contributed by atoms with Crippen molar-refractivity contribution in [3.63, 3.8) is 0 Å². The Labute approximate surface area is 128 Å². The van der Waals surface area contributed by atoms with Gasteiger partial charge in [0.25, 0.3) is 0 Å². The number of aromatic nitrogens is 3. The molecule has 1 saturated heterocycles. The van der Waals surface area contributed by atoms with Gasteiger partial charge in [-0.25, -0.2) is 9.97 Å². The third-order valence-electron chi connectivity index (χ3n) is 5.04. The molecule has 0 radical (unpaired) electrons. The lowest BCUT2D eigenvalue weighted by molar-refractivity contribution is -0.133. The van der Waals surface area contributed by atoms with Crippen LogP contribution in [-0.2, 0) is 4.79 Å². The number of aliphatic hydroxyl groups is 1. The van der Waals surface area contributed by atoms with E-state index in [-0.39, 0.29) is 12.5 Å². The number of hydrogen-bond donors (Lipinski definition) is 2. The number of amides is 1. The number of anilines is 1. The van der Waals surface area contributed by atoms with Gasteiger partial charge in [0.05, 0.1) is 5.39 Å². The van der Waals surface area contributed by atoms with Crippen molar-refractivity contribution >= 4 is 22.8 Å². The lowest BCUT2D eigenvalue weighted by atomic mass is 10.2. The van der Waals surface area contributed by atoms with Crippen LogP contribution in [0.15, 0.2) is 18.6 Å². The maximum absolute atomic E-state index is 11.5. The summed E-state index contributed by atoms with van der Waals surface area (Å²) in [6.07, 6.45) is 3.46. The summed E-state index contributed by atoms with van der Waals surface area (Å²) < 4.78 is 0. The molecule has 0 spiro atoms. The van der Waals surface area contributed by atoms with Crippen LogP contribution in [0.2, 0.25) is 0 Å². The van der Waals surface area contributed by atoms with Crippen LogP contribution in [-0.4, -0.2) is 64.2 Å². The Morgan fingerprint density at radius 1 is 1.45 bits per heavy atom. The van der Waals surface area contributed by atoms with Gasteiger partial charge in [-0.1, -0.05) is 0 Å². The Hall–Kier alpha value is -2.15. The molecule has 1 amide bonds. The van der Waals surface area contributed by atoms with E-state index < -0.39 is 0 Å². The van der Waals surface area contributed by atoms with Crippen LogP contribution in [0.4, 0.5) is 5.82 Å². The zero-order valence-corrected chi connectivity index (χ0v) is 12.4. The minimum absolute atomic E-state index is 0.149. The Balaban J connectivity index is 1.42. The minimum Gasteiger partial charge on any atom is -0.387 e. The van der Waals surface area contributed by atoms with E-state index in [1.165, 1.54) is 0 Å². The molecule has 7 heteroatoms. The first-order valence-electron chi connectivity index (χ1n) is 7.57. The number of aliphatic hydroxyl groups excluding tert-OH is 1. The highest BCUT2D eigenvalue weighted by Crippen LogP contribution is 2.52. The number of likely N-dealkylation sites (tertiary alicyclic amines) is 1. The van der Waals surface area contributed by atoms with Gasteiger partial charge >= 0.3 is 0 Å². The molecule has 1 aliphatic heterocycles. The summed E-state index contributed by atoms with van der Waals surface area (Å²) in [5, 5.41) is 9.95. The van der Waals surface area contributed by atoms with Crippen LogP contribution < -0.4 is 4.90 Å². The molecule has 7 nitrogen and oxygen atoms in total. The topological polar surface area (TPSA) is 85.3 Å². The van der Waals surface area contributed by atoms with E-state index in [0.29, 0.717) is 17.8 Å². The SMILES string of the molecule is CN(CC1[C@H]2CN(C(=O)CO)C[C@@H]12)c1ncnc2[nH]ccc12. The van der Waals surface area contributed by atoms with Crippen LogP contribution in [0.25, 0.3) is 11.0 Å². The van der Waals surface area contributed by atoms with Crippen molar-refractivity contribution in [2.45, 2.75) is 0 Å². The summed E-state index contributed by atoms with van der Waals surface area (Å²) >= 11 is 0. The van der Waals surface area contributed by atoms with Crippen LogP contribution in [0.3, 0.4) is 0 Å². The Bertz CT molecular complexity index is 703. The second-order valence-corrected chi connectivity index (χ2v) is 6.27. The molecule has 1 unspecified atom stereocenters. The van der Waals surface area contributed by atoms with E-state index >= 15 is 0 Å². The quantitative estimate of drug-likeness (QED) is 0.836. The number of carbonyl (C=O) groups excluding carboxylic acids is 1. The maximum atomic E-state index is 11.5. The fourth-order valence-corrected chi connectivity index (χ4v) is 3.79. The van der Waals surface area contributed by atoms with Gasteiger partial charge < -0.3 is 19.9 Å². The zero-order valence-electron chi connectivity index (χ0n) is 12.4. The second-order valence-electron chi connectivity index (χ2n) is 6.27. The monoisotopic (exact) mass is 301 g/mol. The number of rotatable bonds is 4. The summed E-state index contributed by atoms with van der Waals surface area (Å²) in [6.45, 7) is 2.13. The molecule has 1 saturated carbocycles. The minimum atomic E-state index is -0.379. The number of piperidine rings is 1. The van der Waals surface area contributed by atoms with Gasteiger partial charge in [-0.05, 0) is 23.8 Å². The number of nitrogens with zero attached hydrogens (tertiary/aromatic N) is 4. The number of aromatic amines is 1. The average Bonchev–Trinajstić information content (AvgIpc) is 2.94. The molecule has 3 atom stereocenters. The van der Waals surface area contributed by atoms with E-state index in [1.807, 2.05) is 12.3 Å². The molecule has 0 aromatic carbocycles. The first kappa shape index (κ1) is 13.5. The molecule has 4 rings (SSSR count). The molecular formula is C15H19N5O2. The highest BCUT2D eigenvalue weighted by molar-refractivity contribution is 5.87. The van der Waals surface area contributed by atoms with Gasteiger partial charge in [-0.2, -0.15) is 0 Å². The van der Waals surface area contributed by atoms with Crippen molar-refractivity contribution in [3.8, 4) is 0 Å². The average molecular weight is 301 g/mol. The van der Waals surface area contributed by atoms with E-state index in [2.05, 4.69) is 26.9 Å². The van der Waals surface area contributed by atoms with Crippen LogP contribution in [0.1, 0.15) is 0 Å². The van der Waals surface area contributed by atoms with Gasteiger partial charge in [0, 0.05) is 32.9 Å². The first-order valence-corrected chi connectivity index (χ1v) is 7.57. The summed E-state index contributed by atoms with van der Waals surface area (Å²) in [4.78, 5) is 27.2. The first-order chi connectivity index (χ1) is 10.7. The molecule has 2 N–H and O–H groups in total. The fraction of sp³-hybridized carbons (Fsp3) is 0.533. The highest BCUT2D eigenvalue weighted by Gasteiger charge is 2.56. The van der Waals surface area contributed by atoms with Gasteiger partial charge in [0.1, 0.15) is 24.4 Å². The molecule has 2 fully saturated rings. The van der Waals surface area contributed by atoms with Crippen LogP contribution in [0, 0.1) is 17.8 Å². The molecular weight excluding hydrogens is 282 g/mol. The molecule has 2 aromatic heterocycles. The summed E-state index contributed by atoms with van der Waals surface area (Å²) in [5.74, 6) is 2.54. The van der Waals surface area contributed by atoms with E-state index in [9.17, 15) is 4.79 Å². The number of hydrogen-bond acceptors (Lipinski definition) is 5. The van der Waals surface area contributed by atoms with Gasteiger partial charge in [-0.15, -0.1) is 0 Å².